The Morgan fingerprint density at radius 2 is 1.85 bits per heavy atom. The number of ether oxygens (including phenoxy) is 5. The number of nitrogens with zero attached hydrogens (tertiary/aromatic N) is 1. The molecule has 1 heterocycles. The number of hydrogen-bond donors (Lipinski definition) is 4. The molecule has 1 aliphatic rings. The lowest BCUT2D eigenvalue weighted by atomic mass is 9.95. The van der Waals surface area contributed by atoms with Gasteiger partial charge < -0.3 is 39.4 Å². The van der Waals surface area contributed by atoms with Gasteiger partial charge in [0.1, 0.15) is 6.61 Å². The van der Waals surface area contributed by atoms with Crippen LogP contribution in [0.5, 0.6) is 23.0 Å². The highest BCUT2D eigenvalue weighted by Crippen LogP contribution is 2.35. The van der Waals surface area contributed by atoms with E-state index in [4.69, 9.17) is 23.7 Å². The number of methoxy groups -OCH3 is 2. The van der Waals surface area contributed by atoms with Crippen molar-refractivity contribution in [2.75, 3.05) is 34.0 Å². The van der Waals surface area contributed by atoms with Crippen molar-refractivity contribution < 1.29 is 38.4 Å². The first-order chi connectivity index (χ1) is 19.2. The van der Waals surface area contributed by atoms with Gasteiger partial charge in [-0.2, -0.15) is 5.10 Å². The molecule has 216 valence electrons. The molecule has 2 amide bonds. The molecule has 13 heteroatoms. The molecule has 0 spiro atoms. The summed E-state index contributed by atoms with van der Waals surface area (Å²) in [5.41, 5.74) is 4.64. The van der Waals surface area contributed by atoms with Crippen LogP contribution in [0.15, 0.2) is 46.7 Å². The van der Waals surface area contributed by atoms with Crippen LogP contribution in [0, 0.1) is 3.57 Å². The van der Waals surface area contributed by atoms with Gasteiger partial charge in [0.05, 0.1) is 48.8 Å². The van der Waals surface area contributed by atoms with Crippen LogP contribution in [0.3, 0.4) is 0 Å². The Morgan fingerprint density at radius 1 is 1.12 bits per heavy atom. The summed E-state index contributed by atoms with van der Waals surface area (Å²) in [7, 11) is 2.86. The molecule has 1 aliphatic heterocycles. The van der Waals surface area contributed by atoms with E-state index in [2.05, 4.69) is 43.8 Å². The summed E-state index contributed by atoms with van der Waals surface area (Å²) >= 11 is 2.15. The first kappa shape index (κ1) is 30.8. The summed E-state index contributed by atoms with van der Waals surface area (Å²) < 4.78 is 28.3. The number of aliphatic hydroxyl groups excluding tert-OH is 1. The fourth-order valence-electron chi connectivity index (χ4n) is 3.94. The van der Waals surface area contributed by atoms with E-state index in [1.165, 1.54) is 7.11 Å². The van der Waals surface area contributed by atoms with Gasteiger partial charge in [-0.15, -0.1) is 0 Å². The Bertz CT molecular complexity index is 1280. The van der Waals surface area contributed by atoms with Gasteiger partial charge in [0.25, 0.3) is 0 Å². The maximum atomic E-state index is 12.4. The van der Waals surface area contributed by atoms with Crippen molar-refractivity contribution in [1.29, 1.82) is 0 Å². The molecule has 0 aromatic heterocycles. The summed E-state index contributed by atoms with van der Waals surface area (Å²) in [5.74, 6) is 1.42. The quantitative estimate of drug-likeness (QED) is 0.0831. The molecule has 40 heavy (non-hydrogen) atoms. The van der Waals surface area contributed by atoms with Gasteiger partial charge in [-0.1, -0.05) is 6.07 Å². The van der Waals surface area contributed by atoms with Crippen molar-refractivity contribution in [3.63, 3.8) is 0 Å². The molecule has 0 saturated heterocycles. The monoisotopic (exact) mass is 668 g/mol. The van der Waals surface area contributed by atoms with E-state index < -0.39 is 24.3 Å². The van der Waals surface area contributed by atoms with Crippen LogP contribution in [0.4, 0.5) is 4.79 Å². The summed E-state index contributed by atoms with van der Waals surface area (Å²) in [6, 6.07) is 7.49. The van der Waals surface area contributed by atoms with Crippen LogP contribution in [0.25, 0.3) is 0 Å². The lowest BCUT2D eigenvalue weighted by Crippen LogP contribution is -2.45. The molecule has 2 atom stereocenters. The summed E-state index contributed by atoms with van der Waals surface area (Å²) in [4.78, 5) is 24.5. The molecule has 2 aromatic carbocycles. The van der Waals surface area contributed by atoms with E-state index in [1.807, 2.05) is 19.9 Å². The minimum atomic E-state index is -1.13. The zero-order chi connectivity index (χ0) is 29.2. The second kappa shape index (κ2) is 14.6. The number of hydrazone groups is 1. The number of allylic oxidation sites excluding steroid dienone is 1. The number of carbonyl (C=O) groups excluding carboxylic acids is 2. The van der Waals surface area contributed by atoms with Crippen LogP contribution in [-0.4, -0.2) is 63.6 Å². The zero-order valence-electron chi connectivity index (χ0n) is 22.9. The van der Waals surface area contributed by atoms with Gasteiger partial charge in [0, 0.05) is 5.70 Å². The highest BCUT2D eigenvalue weighted by atomic mass is 127. The van der Waals surface area contributed by atoms with Gasteiger partial charge in [-0.3, -0.25) is 5.43 Å². The number of halogens is 1. The number of aliphatic hydroxyl groups is 1. The van der Waals surface area contributed by atoms with Crippen LogP contribution < -0.4 is 35.0 Å². The Hall–Kier alpha value is -3.72. The van der Waals surface area contributed by atoms with E-state index in [1.54, 1.807) is 44.5 Å². The average molecular weight is 668 g/mol. The molecule has 3 rings (SSSR count). The Balaban J connectivity index is 1.70. The predicted molar refractivity (Wildman–Crippen MR) is 156 cm³/mol. The molecule has 0 fully saturated rings. The molecule has 0 radical (unpaired) electrons. The van der Waals surface area contributed by atoms with E-state index >= 15 is 0 Å². The summed E-state index contributed by atoms with van der Waals surface area (Å²) in [5, 5.41) is 19.8. The van der Waals surface area contributed by atoms with Gasteiger partial charge >= 0.3 is 12.0 Å². The summed E-state index contributed by atoms with van der Waals surface area (Å²) in [6.07, 6.45) is 0.421. The largest absolute Gasteiger partial charge is 0.492 e. The standard InChI is InChI=1S/C27H33IN4O8/c1-6-38-20-12-17(24-23(26(34)37-5)15(3)30-27(35)31-24)8-9-19(20)40-14-22(33)32-29-13-16-10-18(28)25(36-4)21(11-16)39-7-2/h8-13,22,24,32-33H,6-7,14H2,1-5H3,(H2,30,31,35)/b29-13+/t22-,24-/m0/s1. The molecular weight excluding hydrogens is 635 g/mol. The maximum Gasteiger partial charge on any atom is 0.337 e. The van der Waals surface area contributed by atoms with Crippen molar-refractivity contribution in [3.8, 4) is 23.0 Å². The molecule has 12 nitrogen and oxygen atoms in total. The Morgan fingerprint density at radius 3 is 2.52 bits per heavy atom. The van der Waals surface area contributed by atoms with Crippen LogP contribution in [0.2, 0.25) is 0 Å². The normalized spacial score (nSPS) is 15.7. The Kier molecular flexibility index (Phi) is 11.3. The van der Waals surface area contributed by atoms with Gasteiger partial charge in [0.15, 0.2) is 29.2 Å². The van der Waals surface area contributed by atoms with Crippen LogP contribution in [0.1, 0.15) is 37.9 Å². The molecule has 0 unspecified atom stereocenters. The lowest BCUT2D eigenvalue weighted by molar-refractivity contribution is -0.136. The van der Waals surface area contributed by atoms with E-state index in [0.717, 1.165) is 9.13 Å². The van der Waals surface area contributed by atoms with Crippen molar-refractivity contribution in [3.05, 3.63) is 56.3 Å². The first-order valence-electron chi connectivity index (χ1n) is 12.4. The number of rotatable bonds is 13. The van der Waals surface area contributed by atoms with E-state index in [9.17, 15) is 14.7 Å². The van der Waals surface area contributed by atoms with Gasteiger partial charge in [0.2, 0.25) is 0 Å². The average Bonchev–Trinajstić information content (AvgIpc) is 2.92. The van der Waals surface area contributed by atoms with Crippen molar-refractivity contribution in [2.24, 2.45) is 5.10 Å². The molecule has 4 N–H and O–H groups in total. The van der Waals surface area contributed by atoms with Crippen molar-refractivity contribution >= 4 is 40.8 Å². The lowest BCUT2D eigenvalue weighted by Gasteiger charge is -2.28. The summed E-state index contributed by atoms with van der Waals surface area (Å²) in [6.45, 7) is 6.02. The zero-order valence-corrected chi connectivity index (χ0v) is 25.0. The third-order valence-corrected chi connectivity index (χ3v) is 6.45. The third kappa shape index (κ3) is 7.69. The number of carbonyl (C=O) groups is 2. The van der Waals surface area contributed by atoms with Gasteiger partial charge in [-0.05, 0) is 78.8 Å². The van der Waals surface area contributed by atoms with Gasteiger partial charge in [-0.25, -0.2) is 9.59 Å². The predicted octanol–water partition coefficient (Wildman–Crippen LogP) is 3.22. The van der Waals surface area contributed by atoms with Crippen molar-refractivity contribution in [2.45, 2.75) is 33.0 Å². The maximum absolute atomic E-state index is 12.4. The molecule has 2 aromatic rings. The molecular formula is C27H33IN4O8. The molecule has 0 saturated carbocycles. The van der Waals surface area contributed by atoms with Crippen molar-refractivity contribution in [1.82, 2.24) is 16.1 Å². The van der Waals surface area contributed by atoms with Crippen LogP contribution >= 0.6 is 22.6 Å². The minimum Gasteiger partial charge on any atom is -0.492 e. The SMILES string of the molecule is CCOc1cc([C@@H]2NC(=O)NC(C)=C2C(=O)OC)ccc1OC[C@H](O)N/N=C/c1cc(I)c(OC)c(OCC)c1. The van der Waals surface area contributed by atoms with Crippen LogP contribution in [-0.2, 0) is 9.53 Å². The fourth-order valence-corrected chi connectivity index (χ4v) is 4.79. The highest BCUT2D eigenvalue weighted by Gasteiger charge is 2.32. The number of esters is 1. The third-order valence-electron chi connectivity index (χ3n) is 5.65. The smallest absolute Gasteiger partial charge is 0.337 e. The first-order valence-corrected chi connectivity index (χ1v) is 13.5. The number of amides is 2. The fraction of sp³-hybridized carbons (Fsp3) is 0.370. The van der Waals surface area contributed by atoms with E-state index in [0.29, 0.717) is 47.5 Å². The second-order valence-corrected chi connectivity index (χ2v) is 9.54. The second-order valence-electron chi connectivity index (χ2n) is 8.38. The number of nitrogens with one attached hydrogen (secondary N) is 3. The van der Waals surface area contributed by atoms with E-state index in [-0.39, 0.29) is 12.2 Å². The highest BCUT2D eigenvalue weighted by molar-refractivity contribution is 14.1. The topological polar surface area (TPSA) is 149 Å². The number of hydrogen-bond acceptors (Lipinski definition) is 10. The number of benzene rings is 2. The molecule has 0 bridgehead atoms. The Labute approximate surface area is 246 Å². The number of urea groups is 1. The minimum absolute atomic E-state index is 0.141. The molecule has 0 aliphatic carbocycles.